The van der Waals surface area contributed by atoms with Gasteiger partial charge in [-0.1, -0.05) is 36.0 Å². The van der Waals surface area contributed by atoms with Crippen molar-refractivity contribution in [2.45, 2.75) is 25.1 Å². The molecule has 0 radical (unpaired) electrons. The molecule has 3 rings (SSSR count). The van der Waals surface area contributed by atoms with Gasteiger partial charge in [0.05, 0.1) is 13.2 Å². The first kappa shape index (κ1) is 19.2. The minimum Gasteiger partial charge on any atom is -0.494 e. The van der Waals surface area contributed by atoms with Crippen LogP contribution in [0.3, 0.4) is 0 Å². The van der Waals surface area contributed by atoms with Gasteiger partial charge in [-0.2, -0.15) is 4.68 Å². The highest BCUT2D eigenvalue weighted by Gasteiger charge is 2.16. The number of benzene rings is 2. The van der Waals surface area contributed by atoms with Crippen molar-refractivity contribution < 1.29 is 14.6 Å². The van der Waals surface area contributed by atoms with Gasteiger partial charge in [0.25, 0.3) is 0 Å². The Kier molecular flexibility index (Phi) is 6.31. The molecule has 142 valence electrons. The Morgan fingerprint density at radius 1 is 1.15 bits per heavy atom. The summed E-state index contributed by atoms with van der Waals surface area (Å²) in [5.41, 5.74) is 2.87. The maximum atomic E-state index is 10.3. The predicted octanol–water partition coefficient (Wildman–Crippen LogP) is 2.82. The van der Waals surface area contributed by atoms with E-state index >= 15 is 0 Å². The molecular formula is C19H22N4O3S. The van der Waals surface area contributed by atoms with E-state index in [9.17, 15) is 5.11 Å². The van der Waals surface area contributed by atoms with Crippen LogP contribution in [0.2, 0.25) is 0 Å². The number of ether oxygens (including phenoxy) is 2. The van der Waals surface area contributed by atoms with E-state index in [-0.39, 0.29) is 6.61 Å². The first-order chi connectivity index (χ1) is 13.1. The van der Waals surface area contributed by atoms with E-state index in [2.05, 4.69) is 15.5 Å². The predicted molar refractivity (Wildman–Crippen MR) is 104 cm³/mol. The molecule has 0 fully saturated rings. The lowest BCUT2D eigenvalue weighted by molar-refractivity contribution is 0.126. The lowest BCUT2D eigenvalue weighted by Crippen LogP contribution is -2.20. The van der Waals surface area contributed by atoms with Gasteiger partial charge in [-0.05, 0) is 53.6 Å². The minimum absolute atomic E-state index is 0.202. The molecule has 0 saturated heterocycles. The molecule has 27 heavy (non-hydrogen) atoms. The van der Waals surface area contributed by atoms with E-state index in [1.807, 2.05) is 56.3 Å². The molecule has 1 atom stereocenters. The summed E-state index contributed by atoms with van der Waals surface area (Å²) < 4.78 is 12.7. The van der Waals surface area contributed by atoms with Crippen molar-refractivity contribution in [2.24, 2.45) is 0 Å². The standard InChI is InChI=1S/C19H22N4O3S/c1-13-8-9-18(25-3)16(10-13)23-19(20-21-22-23)27-12-15(24)11-26-17-7-5-4-6-14(17)2/h4-10,15,24H,11-12H2,1-3H3/t15-/m1/s1. The van der Waals surface area contributed by atoms with E-state index < -0.39 is 6.10 Å². The second-order valence-electron chi connectivity index (χ2n) is 6.09. The van der Waals surface area contributed by atoms with E-state index in [1.54, 1.807) is 11.8 Å². The molecule has 0 amide bonds. The molecule has 0 bridgehead atoms. The molecule has 1 N–H and O–H groups in total. The molecule has 2 aromatic carbocycles. The molecule has 0 aliphatic heterocycles. The summed E-state index contributed by atoms with van der Waals surface area (Å²) >= 11 is 1.36. The number of nitrogens with zero attached hydrogens (tertiary/aromatic N) is 4. The topological polar surface area (TPSA) is 82.3 Å². The van der Waals surface area contributed by atoms with Crippen molar-refractivity contribution in [3.63, 3.8) is 0 Å². The average molecular weight is 386 g/mol. The smallest absolute Gasteiger partial charge is 0.214 e. The molecule has 0 spiro atoms. The SMILES string of the molecule is COc1ccc(C)cc1-n1nnnc1SC[C@H](O)COc1ccccc1C. The molecule has 1 aromatic heterocycles. The molecule has 8 heteroatoms. The fourth-order valence-electron chi connectivity index (χ4n) is 2.51. The molecular weight excluding hydrogens is 364 g/mol. The minimum atomic E-state index is -0.654. The van der Waals surface area contributed by atoms with Gasteiger partial charge >= 0.3 is 0 Å². The molecule has 0 unspecified atom stereocenters. The highest BCUT2D eigenvalue weighted by atomic mass is 32.2. The highest BCUT2D eigenvalue weighted by Crippen LogP contribution is 2.27. The maximum absolute atomic E-state index is 10.3. The molecule has 0 aliphatic carbocycles. The summed E-state index contributed by atoms with van der Waals surface area (Å²) in [6.45, 7) is 4.17. The molecule has 1 heterocycles. The van der Waals surface area contributed by atoms with E-state index in [0.717, 1.165) is 22.6 Å². The Morgan fingerprint density at radius 2 is 1.96 bits per heavy atom. The quantitative estimate of drug-likeness (QED) is 0.596. The van der Waals surface area contributed by atoms with Gasteiger partial charge < -0.3 is 14.6 Å². The summed E-state index contributed by atoms with van der Waals surface area (Å²) in [5, 5.41) is 22.7. The van der Waals surface area contributed by atoms with Crippen LogP contribution in [0.15, 0.2) is 47.6 Å². The van der Waals surface area contributed by atoms with Crippen molar-refractivity contribution in [1.82, 2.24) is 20.2 Å². The maximum Gasteiger partial charge on any atom is 0.214 e. The van der Waals surface area contributed by atoms with Gasteiger partial charge in [0.1, 0.15) is 23.8 Å². The van der Waals surface area contributed by atoms with Crippen LogP contribution < -0.4 is 9.47 Å². The van der Waals surface area contributed by atoms with Gasteiger partial charge in [-0.25, -0.2) is 0 Å². The highest BCUT2D eigenvalue weighted by molar-refractivity contribution is 7.99. The Balaban J connectivity index is 1.64. The van der Waals surface area contributed by atoms with Crippen LogP contribution in [0.25, 0.3) is 5.69 Å². The number of thioether (sulfide) groups is 1. The number of aromatic nitrogens is 4. The van der Waals surface area contributed by atoms with Gasteiger partial charge in [-0.15, -0.1) is 5.10 Å². The largest absolute Gasteiger partial charge is 0.494 e. The van der Waals surface area contributed by atoms with Gasteiger partial charge in [-0.3, -0.25) is 0 Å². The van der Waals surface area contributed by atoms with Crippen molar-refractivity contribution in [3.05, 3.63) is 53.6 Å². The normalized spacial score (nSPS) is 12.0. The van der Waals surface area contributed by atoms with Crippen LogP contribution in [0.1, 0.15) is 11.1 Å². The molecule has 0 saturated carbocycles. The number of rotatable bonds is 8. The van der Waals surface area contributed by atoms with Crippen molar-refractivity contribution in [3.8, 4) is 17.2 Å². The second kappa shape index (κ2) is 8.88. The molecule has 0 aliphatic rings. The zero-order valence-corrected chi connectivity index (χ0v) is 16.3. The zero-order chi connectivity index (χ0) is 19.2. The summed E-state index contributed by atoms with van der Waals surface area (Å²) in [5.74, 6) is 1.86. The summed E-state index contributed by atoms with van der Waals surface area (Å²) in [6.07, 6.45) is -0.654. The Bertz CT molecular complexity index is 900. The molecule has 3 aromatic rings. The molecule has 7 nitrogen and oxygen atoms in total. The Morgan fingerprint density at radius 3 is 2.74 bits per heavy atom. The third kappa shape index (κ3) is 4.78. The Labute approximate surface area is 162 Å². The average Bonchev–Trinajstić information content (AvgIpc) is 3.14. The van der Waals surface area contributed by atoms with Crippen LogP contribution in [-0.2, 0) is 0 Å². The van der Waals surface area contributed by atoms with Crippen LogP contribution in [0, 0.1) is 13.8 Å². The number of aliphatic hydroxyl groups is 1. The number of hydrogen-bond acceptors (Lipinski definition) is 7. The number of methoxy groups -OCH3 is 1. The van der Waals surface area contributed by atoms with E-state index in [1.165, 1.54) is 11.8 Å². The number of hydrogen-bond donors (Lipinski definition) is 1. The van der Waals surface area contributed by atoms with E-state index in [0.29, 0.717) is 16.7 Å². The zero-order valence-electron chi connectivity index (χ0n) is 15.5. The van der Waals surface area contributed by atoms with Crippen LogP contribution >= 0.6 is 11.8 Å². The monoisotopic (exact) mass is 386 g/mol. The van der Waals surface area contributed by atoms with Crippen molar-refractivity contribution >= 4 is 11.8 Å². The second-order valence-corrected chi connectivity index (χ2v) is 7.08. The van der Waals surface area contributed by atoms with Crippen LogP contribution in [0.4, 0.5) is 0 Å². The fourth-order valence-corrected chi connectivity index (χ4v) is 3.30. The Hall–Kier alpha value is -2.58. The summed E-state index contributed by atoms with van der Waals surface area (Å²) in [7, 11) is 1.61. The number of aliphatic hydroxyl groups excluding tert-OH is 1. The van der Waals surface area contributed by atoms with E-state index in [4.69, 9.17) is 9.47 Å². The van der Waals surface area contributed by atoms with Gasteiger partial charge in [0.15, 0.2) is 0 Å². The van der Waals surface area contributed by atoms with Crippen molar-refractivity contribution in [2.75, 3.05) is 19.5 Å². The number of tetrazole rings is 1. The lowest BCUT2D eigenvalue weighted by Gasteiger charge is -2.14. The summed E-state index contributed by atoms with van der Waals surface area (Å²) in [4.78, 5) is 0. The number of aryl methyl sites for hydroxylation is 2. The fraction of sp³-hybridized carbons (Fsp3) is 0.316. The van der Waals surface area contributed by atoms with Gasteiger partial charge in [0, 0.05) is 5.75 Å². The first-order valence-electron chi connectivity index (χ1n) is 8.51. The first-order valence-corrected chi connectivity index (χ1v) is 9.49. The summed E-state index contributed by atoms with van der Waals surface area (Å²) in [6, 6.07) is 13.5. The lowest BCUT2D eigenvalue weighted by atomic mass is 10.2. The van der Waals surface area contributed by atoms with Crippen molar-refractivity contribution in [1.29, 1.82) is 0 Å². The van der Waals surface area contributed by atoms with Crippen LogP contribution in [0.5, 0.6) is 11.5 Å². The van der Waals surface area contributed by atoms with Crippen LogP contribution in [-0.4, -0.2) is 50.9 Å². The van der Waals surface area contributed by atoms with Gasteiger partial charge in [0.2, 0.25) is 5.16 Å². The third-order valence-corrected chi connectivity index (χ3v) is 5.00. The third-order valence-electron chi connectivity index (χ3n) is 3.93. The number of para-hydroxylation sites is 1.